The zero-order valence-electron chi connectivity index (χ0n) is 17.1. The molecule has 3 N–H and O–H groups in total. The number of hydrogen-bond donors (Lipinski definition) is 2. The summed E-state index contributed by atoms with van der Waals surface area (Å²) in [6.45, 7) is -0.566. The molecular weight excluding hydrogens is 487 g/mol. The summed E-state index contributed by atoms with van der Waals surface area (Å²) < 4.78 is 104. The van der Waals surface area contributed by atoms with E-state index in [1.807, 2.05) is 0 Å². The second-order valence-electron chi connectivity index (χ2n) is 7.15. The summed E-state index contributed by atoms with van der Waals surface area (Å²) in [5.41, 5.74) is 3.86. The molecular formula is C22H12F7N3O3. The van der Waals surface area contributed by atoms with Gasteiger partial charge < -0.3 is 20.1 Å². The van der Waals surface area contributed by atoms with E-state index in [0.717, 1.165) is 12.1 Å². The number of halogens is 7. The Morgan fingerprint density at radius 2 is 1.71 bits per heavy atom. The molecule has 0 atom stereocenters. The van der Waals surface area contributed by atoms with Crippen molar-refractivity contribution in [2.24, 2.45) is 0 Å². The number of anilines is 1. The van der Waals surface area contributed by atoms with E-state index in [-0.39, 0.29) is 28.4 Å². The van der Waals surface area contributed by atoms with Crippen molar-refractivity contribution in [3.05, 3.63) is 76.9 Å². The van der Waals surface area contributed by atoms with Crippen LogP contribution in [0, 0.1) is 23.3 Å². The summed E-state index contributed by atoms with van der Waals surface area (Å²) in [6.07, 6.45) is -4.80. The molecule has 1 heterocycles. The van der Waals surface area contributed by atoms with Crippen LogP contribution in [0.2, 0.25) is 0 Å². The molecule has 0 aliphatic rings. The van der Waals surface area contributed by atoms with Gasteiger partial charge in [0.05, 0.1) is 16.8 Å². The fraction of sp³-hybridized carbons (Fsp3) is 0.0909. The standard InChI is InChI=1S/C22H12F7N3O3/c23-11-3-1-10(13(6-11)22(27,28)29)8-34-16-4-2-9(5-15(16)30)20-31-21(35-32-20)12-7-14(24)18(26)19(33)17(12)25/h1-7,33H,8,30H2. The zero-order valence-corrected chi connectivity index (χ0v) is 17.1. The molecule has 35 heavy (non-hydrogen) atoms. The molecule has 13 heteroatoms. The lowest BCUT2D eigenvalue weighted by Crippen LogP contribution is -2.11. The molecule has 0 unspecified atom stereocenters. The zero-order chi connectivity index (χ0) is 25.5. The van der Waals surface area contributed by atoms with Gasteiger partial charge in [-0.05, 0) is 36.4 Å². The van der Waals surface area contributed by atoms with Crippen molar-refractivity contribution in [3.63, 3.8) is 0 Å². The van der Waals surface area contributed by atoms with E-state index >= 15 is 0 Å². The Labute approximate surface area is 191 Å². The van der Waals surface area contributed by atoms with E-state index in [9.17, 15) is 35.8 Å². The van der Waals surface area contributed by atoms with Crippen molar-refractivity contribution in [2.75, 3.05) is 5.73 Å². The van der Waals surface area contributed by atoms with Crippen LogP contribution in [0.3, 0.4) is 0 Å². The highest BCUT2D eigenvalue weighted by molar-refractivity contribution is 5.68. The summed E-state index contributed by atoms with van der Waals surface area (Å²) >= 11 is 0. The number of hydrogen-bond acceptors (Lipinski definition) is 6. The van der Waals surface area contributed by atoms with Gasteiger partial charge in [-0.3, -0.25) is 0 Å². The van der Waals surface area contributed by atoms with E-state index < -0.39 is 58.8 Å². The van der Waals surface area contributed by atoms with Crippen molar-refractivity contribution in [1.29, 1.82) is 0 Å². The number of phenolic OH excluding ortho intramolecular Hbond substituents is 1. The SMILES string of the molecule is Nc1cc(-c2noc(-c3cc(F)c(F)c(O)c3F)n2)ccc1OCc1ccc(F)cc1C(F)(F)F. The molecule has 0 fully saturated rings. The molecule has 4 aromatic rings. The highest BCUT2D eigenvalue weighted by atomic mass is 19.4. The first kappa shape index (κ1) is 23.9. The Morgan fingerprint density at radius 1 is 0.971 bits per heavy atom. The largest absolute Gasteiger partial charge is 0.503 e. The Morgan fingerprint density at radius 3 is 2.40 bits per heavy atom. The van der Waals surface area contributed by atoms with Crippen molar-refractivity contribution < 1.29 is 45.1 Å². The highest BCUT2D eigenvalue weighted by Gasteiger charge is 2.34. The number of aromatic nitrogens is 2. The Kier molecular flexibility index (Phi) is 6.01. The van der Waals surface area contributed by atoms with Crippen molar-refractivity contribution in [3.8, 4) is 34.3 Å². The Bertz CT molecular complexity index is 1420. The van der Waals surface area contributed by atoms with Crippen LogP contribution >= 0.6 is 0 Å². The maximum Gasteiger partial charge on any atom is 0.416 e. The van der Waals surface area contributed by atoms with Crippen LogP contribution in [-0.4, -0.2) is 15.2 Å². The average molecular weight is 499 g/mol. The van der Waals surface area contributed by atoms with Gasteiger partial charge in [-0.1, -0.05) is 11.2 Å². The van der Waals surface area contributed by atoms with E-state index in [2.05, 4.69) is 10.1 Å². The summed E-state index contributed by atoms with van der Waals surface area (Å²) in [4.78, 5) is 3.86. The van der Waals surface area contributed by atoms with Gasteiger partial charge >= 0.3 is 6.18 Å². The van der Waals surface area contributed by atoms with E-state index in [1.54, 1.807) is 0 Å². The number of aromatic hydroxyl groups is 1. The van der Waals surface area contributed by atoms with Gasteiger partial charge in [0.15, 0.2) is 17.4 Å². The predicted octanol–water partition coefficient (Wildman–Crippen LogP) is 5.85. The first-order valence-electron chi connectivity index (χ1n) is 9.54. The van der Waals surface area contributed by atoms with Crippen LogP contribution in [0.25, 0.3) is 22.8 Å². The molecule has 0 aliphatic carbocycles. The number of nitrogens with two attached hydrogens (primary N) is 1. The molecule has 6 nitrogen and oxygen atoms in total. The number of nitrogens with zero attached hydrogens (tertiary/aromatic N) is 2. The van der Waals surface area contributed by atoms with E-state index in [0.29, 0.717) is 12.1 Å². The normalized spacial score (nSPS) is 11.6. The van der Waals surface area contributed by atoms with Crippen LogP contribution < -0.4 is 10.5 Å². The van der Waals surface area contributed by atoms with Crippen molar-refractivity contribution in [2.45, 2.75) is 12.8 Å². The van der Waals surface area contributed by atoms with Gasteiger partial charge in [-0.2, -0.15) is 22.5 Å². The minimum absolute atomic E-state index is 0.00788. The number of nitrogen functional groups attached to an aromatic ring is 1. The highest BCUT2D eigenvalue weighted by Crippen LogP contribution is 2.35. The third kappa shape index (κ3) is 4.69. The lowest BCUT2D eigenvalue weighted by atomic mass is 10.1. The van der Waals surface area contributed by atoms with Gasteiger partial charge in [0.1, 0.15) is 18.2 Å². The van der Waals surface area contributed by atoms with Gasteiger partial charge in [0.2, 0.25) is 11.6 Å². The third-order valence-corrected chi connectivity index (χ3v) is 4.82. The topological polar surface area (TPSA) is 94.4 Å². The molecule has 0 amide bonds. The minimum Gasteiger partial charge on any atom is -0.503 e. The van der Waals surface area contributed by atoms with Crippen LogP contribution in [-0.2, 0) is 12.8 Å². The summed E-state index contributed by atoms with van der Waals surface area (Å²) in [6, 6.07) is 6.52. The second kappa shape index (κ2) is 8.81. The average Bonchev–Trinajstić information content (AvgIpc) is 3.29. The fourth-order valence-corrected chi connectivity index (χ4v) is 3.11. The molecule has 182 valence electrons. The lowest BCUT2D eigenvalue weighted by Gasteiger charge is -2.15. The van der Waals surface area contributed by atoms with E-state index in [1.165, 1.54) is 18.2 Å². The molecule has 0 radical (unpaired) electrons. The summed E-state index contributed by atoms with van der Waals surface area (Å²) in [5.74, 6) is -8.17. The van der Waals surface area contributed by atoms with Crippen LogP contribution in [0.15, 0.2) is 47.0 Å². The van der Waals surface area contributed by atoms with Gasteiger partial charge in [0, 0.05) is 11.1 Å². The second-order valence-corrected chi connectivity index (χ2v) is 7.15. The lowest BCUT2D eigenvalue weighted by molar-refractivity contribution is -0.138. The Balaban J connectivity index is 1.56. The molecule has 0 saturated carbocycles. The summed E-state index contributed by atoms with van der Waals surface area (Å²) in [7, 11) is 0. The van der Waals surface area contributed by atoms with Gasteiger partial charge in [-0.25, -0.2) is 13.2 Å². The van der Waals surface area contributed by atoms with Crippen LogP contribution in [0.5, 0.6) is 11.5 Å². The minimum atomic E-state index is -4.80. The predicted molar refractivity (Wildman–Crippen MR) is 107 cm³/mol. The first-order valence-corrected chi connectivity index (χ1v) is 9.54. The molecule has 0 aliphatic heterocycles. The van der Waals surface area contributed by atoms with Gasteiger partial charge in [-0.15, -0.1) is 0 Å². The molecule has 0 bridgehead atoms. The molecule has 1 aromatic heterocycles. The van der Waals surface area contributed by atoms with Crippen molar-refractivity contribution >= 4 is 5.69 Å². The smallest absolute Gasteiger partial charge is 0.416 e. The third-order valence-electron chi connectivity index (χ3n) is 4.82. The fourth-order valence-electron chi connectivity index (χ4n) is 3.11. The quantitative estimate of drug-likeness (QED) is 0.203. The van der Waals surface area contributed by atoms with Crippen molar-refractivity contribution in [1.82, 2.24) is 10.1 Å². The van der Waals surface area contributed by atoms with Gasteiger partial charge in [0.25, 0.3) is 5.89 Å². The number of rotatable bonds is 5. The monoisotopic (exact) mass is 499 g/mol. The molecule has 3 aromatic carbocycles. The van der Waals surface area contributed by atoms with Crippen LogP contribution in [0.1, 0.15) is 11.1 Å². The molecule has 4 rings (SSSR count). The maximum atomic E-state index is 14.1. The summed E-state index contributed by atoms with van der Waals surface area (Å²) in [5, 5.41) is 12.9. The number of alkyl halides is 3. The van der Waals surface area contributed by atoms with Crippen LogP contribution in [0.4, 0.5) is 36.4 Å². The molecule has 0 saturated heterocycles. The number of phenols is 1. The Hall–Kier alpha value is -4.29. The first-order chi connectivity index (χ1) is 16.5. The number of ether oxygens (including phenoxy) is 1. The maximum absolute atomic E-state index is 14.1. The molecule has 0 spiro atoms. The number of benzene rings is 3. The van der Waals surface area contributed by atoms with E-state index in [4.69, 9.17) is 15.0 Å².